The van der Waals surface area contributed by atoms with Gasteiger partial charge in [-0.1, -0.05) is 11.6 Å². The molecule has 0 atom stereocenters. The molecule has 2 heterocycles. The molecule has 0 spiro atoms. The van der Waals surface area contributed by atoms with Gasteiger partial charge in [-0.2, -0.15) is 0 Å². The van der Waals surface area contributed by atoms with E-state index in [1.54, 1.807) is 6.07 Å². The fraction of sp³-hybridized carbons (Fsp3) is 0.0455. The Hall–Kier alpha value is -4.29. The Bertz CT molecular complexity index is 1430. The van der Waals surface area contributed by atoms with Crippen molar-refractivity contribution in [2.75, 3.05) is 6.54 Å². The highest BCUT2D eigenvalue weighted by Crippen LogP contribution is 2.35. The fourth-order valence-corrected chi connectivity index (χ4v) is 4.17. The molecule has 0 bridgehead atoms. The molecule has 0 aliphatic carbocycles. The lowest BCUT2D eigenvalue weighted by molar-refractivity contribution is -0.385. The van der Waals surface area contributed by atoms with Crippen molar-refractivity contribution in [2.45, 2.75) is 0 Å². The number of rotatable bonds is 7. The molecule has 1 aliphatic heterocycles. The van der Waals surface area contributed by atoms with Gasteiger partial charge in [-0.25, -0.2) is 0 Å². The third-order valence-electron chi connectivity index (χ3n) is 4.90. The Kier molecular flexibility index (Phi) is 6.49. The van der Waals surface area contributed by atoms with Crippen LogP contribution in [0.2, 0.25) is 5.02 Å². The average molecular weight is 514 g/mol. The van der Waals surface area contributed by atoms with Crippen molar-refractivity contribution in [3.05, 3.63) is 96.1 Å². The Morgan fingerprint density at radius 1 is 1.03 bits per heavy atom. The first kappa shape index (κ1) is 23.9. The van der Waals surface area contributed by atoms with E-state index in [2.05, 4.69) is 0 Å². The monoisotopic (exact) mass is 513 g/mol. The molecule has 1 aromatic heterocycles. The van der Waals surface area contributed by atoms with Gasteiger partial charge in [0.1, 0.15) is 16.5 Å². The highest BCUT2D eigenvalue weighted by molar-refractivity contribution is 8.18. The quantitative estimate of drug-likeness (QED) is 0.176. The lowest BCUT2D eigenvalue weighted by atomic mass is 10.1. The summed E-state index contributed by atoms with van der Waals surface area (Å²) in [7, 11) is 0. The second-order valence-corrected chi connectivity index (χ2v) is 8.52. The van der Waals surface area contributed by atoms with Crippen LogP contribution in [0.3, 0.4) is 0 Å². The largest absolute Gasteiger partial charge is 0.457 e. The van der Waals surface area contributed by atoms with Crippen LogP contribution in [0.5, 0.6) is 0 Å². The number of amides is 2. The molecule has 1 fully saturated rings. The van der Waals surface area contributed by atoms with Gasteiger partial charge in [0.25, 0.3) is 22.5 Å². The summed E-state index contributed by atoms with van der Waals surface area (Å²) in [5.41, 5.74) is 0.0245. The zero-order valence-electron chi connectivity index (χ0n) is 17.4. The number of halogens is 1. The van der Waals surface area contributed by atoms with Gasteiger partial charge in [0, 0.05) is 35.4 Å². The van der Waals surface area contributed by atoms with Crippen LogP contribution in [0.4, 0.5) is 16.2 Å². The van der Waals surface area contributed by atoms with Crippen molar-refractivity contribution in [1.82, 2.24) is 4.90 Å². The van der Waals surface area contributed by atoms with Crippen LogP contribution in [0.15, 0.2) is 63.9 Å². The lowest BCUT2D eigenvalue weighted by Gasteiger charge is -2.11. The van der Waals surface area contributed by atoms with E-state index in [4.69, 9.17) is 16.0 Å². The molecule has 1 saturated heterocycles. The first-order valence-electron chi connectivity index (χ1n) is 9.71. The molecule has 1 aliphatic rings. The maximum absolute atomic E-state index is 12.7. The number of thioether (sulfide) groups is 1. The van der Waals surface area contributed by atoms with Crippen LogP contribution in [0.25, 0.3) is 17.4 Å². The van der Waals surface area contributed by atoms with E-state index in [0.717, 1.165) is 17.0 Å². The minimum Gasteiger partial charge on any atom is -0.457 e. The number of Topliss-reactive ketones (excluding diaryl/α,β-unsaturated/α-hetero) is 1. The highest BCUT2D eigenvalue weighted by Gasteiger charge is 2.36. The van der Waals surface area contributed by atoms with Crippen molar-refractivity contribution < 1.29 is 28.6 Å². The number of hydrogen-bond acceptors (Lipinski definition) is 9. The third kappa shape index (κ3) is 4.98. The summed E-state index contributed by atoms with van der Waals surface area (Å²) >= 11 is 6.45. The molecule has 13 heteroatoms. The number of carbonyl (C=O) groups excluding carboxylic acids is 3. The van der Waals surface area contributed by atoms with E-state index in [1.165, 1.54) is 42.5 Å². The van der Waals surface area contributed by atoms with E-state index >= 15 is 0 Å². The van der Waals surface area contributed by atoms with Crippen molar-refractivity contribution in [2.24, 2.45) is 0 Å². The molecule has 0 saturated carbocycles. The van der Waals surface area contributed by atoms with Gasteiger partial charge in [-0.05, 0) is 48.2 Å². The molecule has 0 N–H and O–H groups in total. The Morgan fingerprint density at radius 2 is 1.74 bits per heavy atom. The topological polar surface area (TPSA) is 154 Å². The van der Waals surface area contributed by atoms with Crippen LogP contribution < -0.4 is 0 Å². The van der Waals surface area contributed by atoms with Crippen LogP contribution in [-0.4, -0.2) is 38.2 Å². The molecular formula is C22H12ClN3O8S. The standard InChI is InChI=1S/C22H12ClN3O8S/c23-16-7-3-13(9-17(16)26(32)33)19-8-6-15(34-19)10-20-21(28)24(22(29)35-20)11-18(27)12-1-4-14(5-2-12)25(30)31/h1-10H,11H2/b20-10+. The molecule has 2 aromatic carbocycles. The summed E-state index contributed by atoms with van der Waals surface area (Å²) in [4.78, 5) is 58.9. The Labute approximate surface area is 205 Å². The lowest BCUT2D eigenvalue weighted by Crippen LogP contribution is -2.33. The maximum atomic E-state index is 12.7. The minimum absolute atomic E-state index is 0.0227. The van der Waals surface area contributed by atoms with Crippen LogP contribution in [-0.2, 0) is 4.79 Å². The number of nitro benzene ring substituents is 2. The number of carbonyl (C=O) groups is 3. The number of imide groups is 1. The van der Waals surface area contributed by atoms with Gasteiger partial charge in [0.2, 0.25) is 0 Å². The van der Waals surface area contributed by atoms with Crippen LogP contribution >= 0.6 is 23.4 Å². The van der Waals surface area contributed by atoms with E-state index in [0.29, 0.717) is 17.3 Å². The second-order valence-electron chi connectivity index (χ2n) is 7.12. The summed E-state index contributed by atoms with van der Waals surface area (Å²) < 4.78 is 5.65. The van der Waals surface area contributed by atoms with E-state index < -0.39 is 33.3 Å². The van der Waals surface area contributed by atoms with E-state index in [-0.39, 0.29) is 38.4 Å². The molecule has 3 aromatic rings. The average Bonchev–Trinajstić information content (AvgIpc) is 3.39. The zero-order chi connectivity index (χ0) is 25.3. The molecule has 2 amide bonds. The molecule has 176 valence electrons. The molecule has 0 unspecified atom stereocenters. The fourth-order valence-electron chi connectivity index (χ4n) is 3.16. The van der Waals surface area contributed by atoms with Gasteiger partial charge >= 0.3 is 0 Å². The van der Waals surface area contributed by atoms with Crippen molar-refractivity contribution in [3.8, 4) is 11.3 Å². The Morgan fingerprint density at radius 3 is 2.40 bits per heavy atom. The molecule has 11 nitrogen and oxygen atoms in total. The van der Waals surface area contributed by atoms with Crippen molar-refractivity contribution in [1.29, 1.82) is 0 Å². The number of ketones is 1. The molecule has 35 heavy (non-hydrogen) atoms. The smallest absolute Gasteiger partial charge is 0.293 e. The zero-order valence-corrected chi connectivity index (χ0v) is 18.9. The van der Waals surface area contributed by atoms with Crippen LogP contribution in [0, 0.1) is 20.2 Å². The number of nitro groups is 2. The maximum Gasteiger partial charge on any atom is 0.293 e. The summed E-state index contributed by atoms with van der Waals surface area (Å²) in [6, 6.07) is 12.0. The van der Waals surface area contributed by atoms with E-state index in [1.807, 2.05) is 0 Å². The van der Waals surface area contributed by atoms with Gasteiger partial charge < -0.3 is 4.42 Å². The molecular weight excluding hydrogens is 502 g/mol. The summed E-state index contributed by atoms with van der Waals surface area (Å²) in [6.45, 7) is -0.530. The summed E-state index contributed by atoms with van der Waals surface area (Å²) in [6.07, 6.45) is 1.33. The highest BCUT2D eigenvalue weighted by atomic mass is 35.5. The first-order valence-corrected chi connectivity index (χ1v) is 10.9. The minimum atomic E-state index is -0.699. The number of nitrogens with zero attached hydrogens (tertiary/aromatic N) is 3. The number of hydrogen-bond donors (Lipinski definition) is 0. The van der Waals surface area contributed by atoms with Gasteiger partial charge in [-0.3, -0.25) is 39.5 Å². The SMILES string of the molecule is O=C(CN1C(=O)S/C(=C/c2ccc(-c3ccc(Cl)c([N+](=O)[O-])c3)o2)C1=O)c1ccc([N+](=O)[O-])cc1. The first-order chi connectivity index (χ1) is 16.6. The summed E-state index contributed by atoms with van der Waals surface area (Å²) in [5, 5.41) is 21.2. The number of non-ortho nitro benzene ring substituents is 1. The molecule has 0 radical (unpaired) electrons. The van der Waals surface area contributed by atoms with Gasteiger partial charge in [-0.15, -0.1) is 0 Å². The molecule has 4 rings (SSSR count). The van der Waals surface area contributed by atoms with Crippen molar-refractivity contribution >= 4 is 57.7 Å². The Balaban J connectivity index is 1.50. The van der Waals surface area contributed by atoms with Gasteiger partial charge in [0.15, 0.2) is 5.78 Å². The third-order valence-corrected chi connectivity index (χ3v) is 6.13. The summed E-state index contributed by atoms with van der Waals surface area (Å²) in [5.74, 6) is -0.767. The number of benzene rings is 2. The predicted octanol–water partition coefficient (Wildman–Crippen LogP) is 5.34. The predicted molar refractivity (Wildman–Crippen MR) is 126 cm³/mol. The van der Waals surface area contributed by atoms with Crippen LogP contribution in [0.1, 0.15) is 16.1 Å². The van der Waals surface area contributed by atoms with Gasteiger partial charge in [0.05, 0.1) is 21.3 Å². The normalized spacial score (nSPS) is 14.5. The van der Waals surface area contributed by atoms with Crippen molar-refractivity contribution in [3.63, 3.8) is 0 Å². The second kappa shape index (κ2) is 9.52. The van der Waals surface area contributed by atoms with E-state index in [9.17, 15) is 34.6 Å². The number of furan rings is 1.